The Balaban J connectivity index is 1.96. The third-order valence-corrected chi connectivity index (χ3v) is 2.58. The van der Waals surface area contributed by atoms with Crippen LogP contribution in [0.15, 0.2) is 41.5 Å². The molecule has 96 valence electrons. The summed E-state index contributed by atoms with van der Waals surface area (Å²) >= 11 is 0. The average molecular weight is 255 g/mol. The van der Waals surface area contributed by atoms with Gasteiger partial charge in [0.25, 0.3) is 5.56 Å². The lowest BCUT2D eigenvalue weighted by molar-refractivity contribution is 0.295. The number of hydrogen-bond acceptors (Lipinski definition) is 4. The molecule has 0 fully saturated rings. The number of aryl methyl sites for hydroxylation is 1. The van der Waals surface area contributed by atoms with Crippen molar-refractivity contribution in [2.24, 2.45) is 0 Å². The standard InChI is InChI=1S/C14H13N3O2/c1-11-7-14(18)17(10-16-11)5-6-19-13-4-2-3-12(8-13)9-15/h2-4,7-8,10H,5-6H2,1H3. The van der Waals surface area contributed by atoms with Crippen LogP contribution < -0.4 is 10.3 Å². The van der Waals surface area contributed by atoms with Crippen LogP contribution in [0.5, 0.6) is 5.75 Å². The first-order chi connectivity index (χ1) is 9.19. The zero-order valence-electron chi connectivity index (χ0n) is 10.5. The Hall–Kier alpha value is -2.61. The van der Waals surface area contributed by atoms with Gasteiger partial charge in [0.2, 0.25) is 0 Å². The van der Waals surface area contributed by atoms with E-state index in [4.69, 9.17) is 10.00 Å². The van der Waals surface area contributed by atoms with Gasteiger partial charge in [-0.1, -0.05) is 6.07 Å². The molecular formula is C14H13N3O2. The highest BCUT2D eigenvalue weighted by Crippen LogP contribution is 2.12. The van der Waals surface area contributed by atoms with Crippen molar-refractivity contribution in [2.45, 2.75) is 13.5 Å². The fraction of sp³-hybridized carbons (Fsp3) is 0.214. The minimum Gasteiger partial charge on any atom is -0.492 e. The van der Waals surface area contributed by atoms with Crippen molar-refractivity contribution in [1.29, 1.82) is 5.26 Å². The molecule has 0 aliphatic carbocycles. The molecule has 5 nitrogen and oxygen atoms in total. The third-order valence-electron chi connectivity index (χ3n) is 2.58. The second kappa shape index (κ2) is 5.83. The monoisotopic (exact) mass is 255 g/mol. The van der Waals surface area contributed by atoms with Crippen LogP contribution in [0, 0.1) is 18.3 Å². The molecule has 1 aromatic carbocycles. The smallest absolute Gasteiger partial charge is 0.253 e. The maximum absolute atomic E-state index is 11.6. The van der Waals surface area contributed by atoms with E-state index in [1.807, 2.05) is 6.07 Å². The molecule has 0 radical (unpaired) electrons. The maximum atomic E-state index is 11.6. The van der Waals surface area contributed by atoms with E-state index < -0.39 is 0 Å². The molecule has 0 saturated heterocycles. The first-order valence-electron chi connectivity index (χ1n) is 5.85. The van der Waals surface area contributed by atoms with Crippen molar-refractivity contribution >= 4 is 0 Å². The van der Waals surface area contributed by atoms with Crippen LogP contribution in [0.3, 0.4) is 0 Å². The van der Waals surface area contributed by atoms with Gasteiger partial charge in [0.05, 0.1) is 24.5 Å². The Morgan fingerprint density at radius 3 is 3.00 bits per heavy atom. The van der Waals surface area contributed by atoms with E-state index >= 15 is 0 Å². The Morgan fingerprint density at radius 1 is 1.42 bits per heavy atom. The molecule has 2 aromatic rings. The van der Waals surface area contributed by atoms with Gasteiger partial charge in [-0.25, -0.2) is 4.98 Å². The number of hydrogen-bond donors (Lipinski definition) is 0. The number of nitrogens with zero attached hydrogens (tertiary/aromatic N) is 3. The first kappa shape index (κ1) is 12.8. The minimum atomic E-state index is -0.0955. The molecule has 1 heterocycles. The largest absolute Gasteiger partial charge is 0.492 e. The van der Waals surface area contributed by atoms with Gasteiger partial charge >= 0.3 is 0 Å². The quantitative estimate of drug-likeness (QED) is 0.830. The van der Waals surface area contributed by atoms with Gasteiger partial charge in [-0.3, -0.25) is 9.36 Å². The van der Waals surface area contributed by atoms with Crippen molar-refractivity contribution in [3.8, 4) is 11.8 Å². The summed E-state index contributed by atoms with van der Waals surface area (Å²) in [5.41, 5.74) is 1.15. The number of benzene rings is 1. The van der Waals surface area contributed by atoms with Gasteiger partial charge in [-0.15, -0.1) is 0 Å². The van der Waals surface area contributed by atoms with Crippen LogP contribution in [0.2, 0.25) is 0 Å². The molecule has 0 N–H and O–H groups in total. The van der Waals surface area contributed by atoms with Crippen molar-refractivity contribution in [2.75, 3.05) is 6.61 Å². The van der Waals surface area contributed by atoms with E-state index in [2.05, 4.69) is 4.98 Å². The molecule has 0 aliphatic rings. The molecule has 2 rings (SSSR count). The topological polar surface area (TPSA) is 67.9 Å². The van der Waals surface area contributed by atoms with Crippen LogP contribution >= 0.6 is 0 Å². The van der Waals surface area contributed by atoms with Gasteiger partial charge in [0, 0.05) is 11.8 Å². The fourth-order valence-corrected chi connectivity index (χ4v) is 1.60. The molecule has 1 aromatic heterocycles. The normalized spacial score (nSPS) is 9.89. The number of nitriles is 1. The van der Waals surface area contributed by atoms with E-state index in [1.165, 1.54) is 17.0 Å². The van der Waals surface area contributed by atoms with E-state index in [-0.39, 0.29) is 5.56 Å². The van der Waals surface area contributed by atoms with E-state index in [0.29, 0.717) is 30.2 Å². The highest BCUT2D eigenvalue weighted by molar-refractivity contribution is 5.36. The lowest BCUT2D eigenvalue weighted by atomic mass is 10.2. The van der Waals surface area contributed by atoms with Gasteiger partial charge in [-0.05, 0) is 25.1 Å². The Morgan fingerprint density at radius 2 is 2.26 bits per heavy atom. The van der Waals surface area contributed by atoms with Gasteiger partial charge < -0.3 is 4.74 Å². The molecule has 0 amide bonds. The third kappa shape index (κ3) is 3.42. The van der Waals surface area contributed by atoms with Crippen LogP contribution in [-0.2, 0) is 6.54 Å². The second-order valence-corrected chi connectivity index (χ2v) is 4.05. The first-order valence-corrected chi connectivity index (χ1v) is 5.85. The number of aromatic nitrogens is 2. The van der Waals surface area contributed by atoms with Crippen LogP contribution in [0.25, 0.3) is 0 Å². The predicted octanol–water partition coefficient (Wildman–Crippen LogP) is 1.50. The summed E-state index contributed by atoms with van der Waals surface area (Å²) < 4.78 is 6.99. The molecular weight excluding hydrogens is 242 g/mol. The molecule has 0 unspecified atom stereocenters. The van der Waals surface area contributed by atoms with Crippen LogP contribution in [0.4, 0.5) is 0 Å². The predicted molar refractivity (Wildman–Crippen MR) is 69.9 cm³/mol. The van der Waals surface area contributed by atoms with Crippen molar-refractivity contribution < 1.29 is 4.74 Å². The summed E-state index contributed by atoms with van der Waals surface area (Å²) in [5, 5.41) is 8.77. The van der Waals surface area contributed by atoms with E-state index in [1.54, 1.807) is 31.2 Å². The van der Waals surface area contributed by atoms with Crippen molar-refractivity contribution in [3.05, 3.63) is 58.3 Å². The lowest BCUT2D eigenvalue weighted by Gasteiger charge is -2.08. The Kier molecular flexibility index (Phi) is 3.94. The van der Waals surface area contributed by atoms with Crippen LogP contribution in [0.1, 0.15) is 11.3 Å². The lowest BCUT2D eigenvalue weighted by Crippen LogP contribution is -2.23. The zero-order valence-corrected chi connectivity index (χ0v) is 10.5. The summed E-state index contributed by atoms with van der Waals surface area (Å²) in [6, 6.07) is 10.4. The molecule has 0 saturated carbocycles. The van der Waals surface area contributed by atoms with E-state index in [9.17, 15) is 4.79 Å². The number of rotatable bonds is 4. The molecule has 0 aliphatic heterocycles. The van der Waals surface area contributed by atoms with E-state index in [0.717, 1.165) is 0 Å². The number of ether oxygens (including phenoxy) is 1. The van der Waals surface area contributed by atoms with Crippen molar-refractivity contribution in [1.82, 2.24) is 9.55 Å². The highest BCUT2D eigenvalue weighted by Gasteiger charge is 1.99. The highest BCUT2D eigenvalue weighted by atomic mass is 16.5. The fourth-order valence-electron chi connectivity index (χ4n) is 1.60. The van der Waals surface area contributed by atoms with Gasteiger partial charge in [0.15, 0.2) is 0 Å². The summed E-state index contributed by atoms with van der Waals surface area (Å²) in [7, 11) is 0. The zero-order chi connectivity index (χ0) is 13.7. The minimum absolute atomic E-state index is 0.0955. The molecule has 0 spiro atoms. The van der Waals surface area contributed by atoms with Gasteiger partial charge in [-0.2, -0.15) is 5.26 Å². The average Bonchev–Trinajstić information content (AvgIpc) is 2.41. The second-order valence-electron chi connectivity index (χ2n) is 4.05. The molecule has 0 atom stereocenters. The molecule has 0 bridgehead atoms. The summed E-state index contributed by atoms with van der Waals surface area (Å²) in [5.74, 6) is 0.618. The summed E-state index contributed by atoms with van der Waals surface area (Å²) in [6.07, 6.45) is 1.51. The van der Waals surface area contributed by atoms with Crippen LogP contribution in [-0.4, -0.2) is 16.2 Å². The molecule has 5 heteroatoms. The molecule has 19 heavy (non-hydrogen) atoms. The Bertz CT molecular complexity index is 671. The summed E-state index contributed by atoms with van der Waals surface area (Å²) in [6.45, 7) is 2.54. The van der Waals surface area contributed by atoms with Gasteiger partial charge in [0.1, 0.15) is 12.4 Å². The Labute approximate surface area is 110 Å². The summed E-state index contributed by atoms with van der Waals surface area (Å²) in [4.78, 5) is 15.7. The maximum Gasteiger partial charge on any atom is 0.253 e. The van der Waals surface area contributed by atoms with Crippen molar-refractivity contribution in [3.63, 3.8) is 0 Å². The SMILES string of the molecule is Cc1cc(=O)n(CCOc2cccc(C#N)c2)cn1.